The fourth-order valence-electron chi connectivity index (χ4n) is 1.95. The van der Waals surface area contributed by atoms with Crippen molar-refractivity contribution in [2.45, 2.75) is 6.54 Å². The highest BCUT2D eigenvalue weighted by Crippen LogP contribution is 2.25. The third-order valence-electron chi connectivity index (χ3n) is 3.04. The van der Waals surface area contributed by atoms with Crippen molar-refractivity contribution in [2.24, 2.45) is 0 Å². The van der Waals surface area contributed by atoms with Crippen LogP contribution in [-0.2, 0) is 6.54 Å². The van der Waals surface area contributed by atoms with E-state index in [9.17, 15) is 0 Å². The summed E-state index contributed by atoms with van der Waals surface area (Å²) in [6, 6.07) is 13.4. The van der Waals surface area contributed by atoms with Gasteiger partial charge in [0.2, 0.25) is 0 Å². The second-order valence-electron chi connectivity index (χ2n) is 4.52. The molecule has 0 fully saturated rings. The minimum atomic E-state index is 0.491. The molecule has 0 atom stereocenters. The van der Waals surface area contributed by atoms with Crippen molar-refractivity contribution < 1.29 is 0 Å². The number of rotatable bonds is 3. The molecule has 0 radical (unpaired) electrons. The summed E-state index contributed by atoms with van der Waals surface area (Å²) in [5.41, 5.74) is 8.19. The van der Waals surface area contributed by atoms with Gasteiger partial charge in [0, 0.05) is 10.0 Å². The van der Waals surface area contributed by atoms with Crippen molar-refractivity contribution in [1.82, 2.24) is 20.2 Å². The van der Waals surface area contributed by atoms with Crippen LogP contribution in [-0.4, -0.2) is 20.2 Å². The summed E-state index contributed by atoms with van der Waals surface area (Å²) in [6.07, 6.45) is 0. The van der Waals surface area contributed by atoms with E-state index in [-0.39, 0.29) is 0 Å². The minimum Gasteiger partial charge on any atom is -0.398 e. The molecule has 0 saturated carbocycles. The van der Waals surface area contributed by atoms with Crippen LogP contribution in [0.4, 0.5) is 5.69 Å². The molecule has 0 aliphatic rings. The Morgan fingerprint density at radius 1 is 1.14 bits per heavy atom. The topological polar surface area (TPSA) is 69.6 Å². The number of nitrogens with two attached hydrogens (primary N) is 1. The SMILES string of the molecule is Nc1ccc(-c2nnnn2Cc2ccc(Br)cc2)cc1Cl. The molecular formula is C14H11BrClN5. The molecule has 21 heavy (non-hydrogen) atoms. The van der Waals surface area contributed by atoms with Gasteiger partial charge in [-0.15, -0.1) is 5.10 Å². The average Bonchev–Trinajstić information content (AvgIpc) is 2.92. The molecule has 0 aliphatic heterocycles. The van der Waals surface area contributed by atoms with E-state index in [0.29, 0.717) is 23.1 Å². The number of anilines is 1. The number of benzene rings is 2. The average molecular weight is 365 g/mol. The van der Waals surface area contributed by atoms with Crippen LogP contribution in [0.3, 0.4) is 0 Å². The van der Waals surface area contributed by atoms with Crippen LogP contribution in [0.1, 0.15) is 5.56 Å². The summed E-state index contributed by atoms with van der Waals surface area (Å²) in [6.45, 7) is 0.581. The molecule has 0 aliphatic carbocycles. The Morgan fingerprint density at radius 2 is 1.90 bits per heavy atom. The van der Waals surface area contributed by atoms with E-state index in [4.69, 9.17) is 17.3 Å². The molecule has 0 unspecified atom stereocenters. The van der Waals surface area contributed by atoms with Gasteiger partial charge in [-0.05, 0) is 46.3 Å². The number of hydrogen-bond acceptors (Lipinski definition) is 4. The van der Waals surface area contributed by atoms with Crippen LogP contribution in [0.25, 0.3) is 11.4 Å². The first-order chi connectivity index (χ1) is 10.1. The maximum atomic E-state index is 6.05. The van der Waals surface area contributed by atoms with Crippen molar-refractivity contribution in [2.75, 3.05) is 5.73 Å². The first-order valence-electron chi connectivity index (χ1n) is 6.19. The van der Waals surface area contributed by atoms with Crippen LogP contribution in [0.2, 0.25) is 5.02 Å². The first kappa shape index (κ1) is 14.0. The van der Waals surface area contributed by atoms with Crippen LogP contribution in [0.15, 0.2) is 46.9 Å². The largest absolute Gasteiger partial charge is 0.398 e. The number of aromatic nitrogens is 4. The predicted octanol–water partition coefficient (Wildman–Crippen LogP) is 3.39. The molecule has 1 aromatic heterocycles. The molecule has 106 valence electrons. The van der Waals surface area contributed by atoms with Gasteiger partial charge >= 0.3 is 0 Å². The lowest BCUT2D eigenvalue weighted by Gasteiger charge is -2.06. The van der Waals surface area contributed by atoms with Gasteiger partial charge in [-0.3, -0.25) is 0 Å². The fraction of sp³-hybridized carbons (Fsp3) is 0.0714. The lowest BCUT2D eigenvalue weighted by Crippen LogP contribution is -2.04. The molecule has 2 N–H and O–H groups in total. The second kappa shape index (κ2) is 5.83. The van der Waals surface area contributed by atoms with E-state index in [1.165, 1.54) is 0 Å². The van der Waals surface area contributed by atoms with Crippen LogP contribution < -0.4 is 5.73 Å². The third-order valence-corrected chi connectivity index (χ3v) is 3.89. The molecule has 5 nitrogen and oxygen atoms in total. The lowest BCUT2D eigenvalue weighted by atomic mass is 10.2. The van der Waals surface area contributed by atoms with Crippen molar-refractivity contribution in [3.63, 3.8) is 0 Å². The summed E-state index contributed by atoms with van der Waals surface area (Å²) >= 11 is 9.47. The number of hydrogen-bond donors (Lipinski definition) is 1. The molecule has 0 spiro atoms. The summed E-state index contributed by atoms with van der Waals surface area (Å²) in [5.74, 6) is 0.653. The van der Waals surface area contributed by atoms with Gasteiger partial charge in [0.25, 0.3) is 0 Å². The van der Waals surface area contributed by atoms with E-state index < -0.39 is 0 Å². The van der Waals surface area contributed by atoms with E-state index in [0.717, 1.165) is 15.6 Å². The second-order valence-corrected chi connectivity index (χ2v) is 5.85. The highest BCUT2D eigenvalue weighted by atomic mass is 79.9. The summed E-state index contributed by atoms with van der Waals surface area (Å²) in [5, 5.41) is 12.3. The van der Waals surface area contributed by atoms with Gasteiger partial charge in [0.05, 0.1) is 17.3 Å². The highest BCUT2D eigenvalue weighted by Gasteiger charge is 2.10. The molecule has 1 heterocycles. The number of nitrogens with zero attached hydrogens (tertiary/aromatic N) is 4. The lowest BCUT2D eigenvalue weighted by molar-refractivity contribution is 0.653. The van der Waals surface area contributed by atoms with Crippen molar-refractivity contribution in [3.8, 4) is 11.4 Å². The van der Waals surface area contributed by atoms with Crippen molar-refractivity contribution in [3.05, 3.63) is 57.5 Å². The maximum absolute atomic E-state index is 6.05. The quantitative estimate of drug-likeness (QED) is 0.723. The van der Waals surface area contributed by atoms with Crippen LogP contribution in [0, 0.1) is 0 Å². The Hall–Kier alpha value is -1.92. The van der Waals surface area contributed by atoms with E-state index in [2.05, 4.69) is 31.5 Å². The molecule has 3 aromatic rings. The zero-order valence-electron chi connectivity index (χ0n) is 10.9. The molecule has 2 aromatic carbocycles. The summed E-state index contributed by atoms with van der Waals surface area (Å²) in [7, 11) is 0. The molecular weight excluding hydrogens is 354 g/mol. The van der Waals surface area contributed by atoms with Gasteiger partial charge in [-0.1, -0.05) is 39.7 Å². The van der Waals surface area contributed by atoms with Gasteiger partial charge < -0.3 is 5.73 Å². The standard InChI is InChI=1S/C14H11BrClN5/c15-11-4-1-9(2-5-11)8-21-14(18-19-20-21)10-3-6-13(17)12(16)7-10/h1-7H,8,17H2. The monoisotopic (exact) mass is 363 g/mol. The molecule has 0 bridgehead atoms. The molecule has 3 rings (SSSR count). The Labute approximate surface area is 134 Å². The van der Waals surface area contributed by atoms with Crippen molar-refractivity contribution in [1.29, 1.82) is 0 Å². The number of tetrazole rings is 1. The van der Waals surface area contributed by atoms with E-state index in [1.807, 2.05) is 30.3 Å². The van der Waals surface area contributed by atoms with Crippen LogP contribution >= 0.6 is 27.5 Å². The Morgan fingerprint density at radius 3 is 2.62 bits per heavy atom. The summed E-state index contributed by atoms with van der Waals surface area (Å²) in [4.78, 5) is 0. The van der Waals surface area contributed by atoms with E-state index >= 15 is 0 Å². The van der Waals surface area contributed by atoms with E-state index in [1.54, 1.807) is 16.8 Å². The molecule has 7 heteroatoms. The van der Waals surface area contributed by atoms with Gasteiger partial charge in [0.15, 0.2) is 5.82 Å². The zero-order chi connectivity index (χ0) is 14.8. The summed E-state index contributed by atoms with van der Waals surface area (Å²) < 4.78 is 2.76. The van der Waals surface area contributed by atoms with Crippen molar-refractivity contribution >= 4 is 33.2 Å². The number of halogens is 2. The smallest absolute Gasteiger partial charge is 0.182 e. The Balaban J connectivity index is 1.93. The van der Waals surface area contributed by atoms with Gasteiger partial charge in [-0.25, -0.2) is 4.68 Å². The fourth-order valence-corrected chi connectivity index (χ4v) is 2.39. The Kier molecular flexibility index (Phi) is 3.90. The highest BCUT2D eigenvalue weighted by molar-refractivity contribution is 9.10. The zero-order valence-corrected chi connectivity index (χ0v) is 13.2. The first-order valence-corrected chi connectivity index (χ1v) is 7.36. The predicted molar refractivity (Wildman–Crippen MR) is 85.9 cm³/mol. The number of nitrogen functional groups attached to an aromatic ring is 1. The van der Waals surface area contributed by atoms with Crippen LogP contribution in [0.5, 0.6) is 0 Å². The maximum Gasteiger partial charge on any atom is 0.182 e. The third kappa shape index (κ3) is 3.06. The minimum absolute atomic E-state index is 0.491. The Bertz CT molecular complexity index is 769. The normalized spacial score (nSPS) is 10.8. The molecule has 0 saturated heterocycles. The van der Waals surface area contributed by atoms with Gasteiger partial charge in [-0.2, -0.15) is 0 Å². The van der Waals surface area contributed by atoms with Gasteiger partial charge in [0.1, 0.15) is 0 Å². The molecule has 0 amide bonds.